The highest BCUT2D eigenvalue weighted by Gasteiger charge is 2.66. The monoisotopic (exact) mass is 424 g/mol. The van der Waals surface area contributed by atoms with Crippen molar-refractivity contribution in [3.05, 3.63) is 59.7 Å². The Balaban J connectivity index is 2.17. The zero-order chi connectivity index (χ0) is 22.1. The summed E-state index contributed by atoms with van der Waals surface area (Å²) in [6.45, 7) is 0. The number of hydrogen-bond acceptors (Lipinski definition) is 5. The molecule has 2 aromatic rings. The first-order chi connectivity index (χ1) is 14.1. The molecule has 1 saturated heterocycles. The molecule has 3 N–H and O–H groups in total. The maximum Gasteiger partial charge on any atom is 0.437 e. The number of ether oxygens (including phenoxy) is 2. The van der Waals surface area contributed by atoms with E-state index in [0.717, 1.165) is 0 Å². The molecule has 1 aliphatic rings. The van der Waals surface area contributed by atoms with Gasteiger partial charge in [0.05, 0.1) is 20.3 Å². The van der Waals surface area contributed by atoms with Crippen molar-refractivity contribution in [3.8, 4) is 11.5 Å². The molecule has 160 valence electrons. The van der Waals surface area contributed by atoms with Crippen molar-refractivity contribution in [2.75, 3.05) is 14.2 Å². The lowest BCUT2D eigenvalue weighted by Gasteiger charge is -2.45. The van der Waals surface area contributed by atoms with Gasteiger partial charge >= 0.3 is 12.2 Å². The number of para-hydroxylation sites is 1. The molecule has 2 amide bonds. The van der Waals surface area contributed by atoms with Crippen LogP contribution in [0.25, 0.3) is 0 Å². The van der Waals surface area contributed by atoms with E-state index in [1.165, 1.54) is 62.0 Å². The summed E-state index contributed by atoms with van der Waals surface area (Å²) in [4.78, 5) is 25.3. The Hall–Kier alpha value is -3.27. The van der Waals surface area contributed by atoms with E-state index in [1.54, 1.807) is 6.07 Å². The number of aliphatic hydroxyl groups is 1. The number of hydrogen-bond donors (Lipinski definition) is 3. The number of urea groups is 1. The van der Waals surface area contributed by atoms with Crippen molar-refractivity contribution in [1.82, 2.24) is 10.6 Å². The smallest absolute Gasteiger partial charge is 0.437 e. The first-order valence-electron chi connectivity index (χ1n) is 8.81. The number of rotatable bonds is 5. The van der Waals surface area contributed by atoms with Crippen LogP contribution in [0.4, 0.5) is 18.0 Å². The predicted octanol–water partition coefficient (Wildman–Crippen LogP) is 2.81. The van der Waals surface area contributed by atoms with Crippen LogP contribution in [0, 0.1) is 5.92 Å². The van der Waals surface area contributed by atoms with Crippen molar-refractivity contribution in [2.45, 2.75) is 17.9 Å². The van der Waals surface area contributed by atoms with Crippen LogP contribution >= 0.6 is 0 Å². The molecule has 0 aliphatic carbocycles. The number of nitrogens with one attached hydrogen (secondary N) is 2. The van der Waals surface area contributed by atoms with Gasteiger partial charge < -0.3 is 25.2 Å². The van der Waals surface area contributed by atoms with Crippen molar-refractivity contribution >= 4 is 11.8 Å². The van der Waals surface area contributed by atoms with Gasteiger partial charge in [0.1, 0.15) is 17.4 Å². The molecule has 0 saturated carbocycles. The largest absolute Gasteiger partial charge is 0.497 e. The third-order valence-electron chi connectivity index (χ3n) is 4.94. The summed E-state index contributed by atoms with van der Waals surface area (Å²) >= 11 is 0. The van der Waals surface area contributed by atoms with E-state index in [2.05, 4.69) is 5.32 Å². The average Bonchev–Trinajstić information content (AvgIpc) is 2.72. The van der Waals surface area contributed by atoms with E-state index in [4.69, 9.17) is 9.47 Å². The van der Waals surface area contributed by atoms with Crippen LogP contribution in [0.15, 0.2) is 48.5 Å². The van der Waals surface area contributed by atoms with Crippen molar-refractivity contribution in [2.24, 2.45) is 5.92 Å². The Bertz CT molecular complexity index is 948. The average molecular weight is 424 g/mol. The second-order valence-electron chi connectivity index (χ2n) is 6.65. The number of amides is 2. The third-order valence-corrected chi connectivity index (χ3v) is 4.94. The second-order valence-corrected chi connectivity index (χ2v) is 6.65. The number of carbonyl (C=O) groups is 2. The van der Waals surface area contributed by atoms with Gasteiger partial charge in [0, 0.05) is 11.1 Å². The number of methoxy groups -OCH3 is 2. The third kappa shape index (κ3) is 3.65. The lowest BCUT2D eigenvalue weighted by Crippen LogP contribution is -2.72. The molecular formula is C20H19F3N2O5. The quantitative estimate of drug-likeness (QED) is 0.642. The molecule has 10 heteroatoms. The first kappa shape index (κ1) is 21.4. The first-order valence-corrected chi connectivity index (χ1v) is 8.81. The van der Waals surface area contributed by atoms with Gasteiger partial charge in [-0.1, -0.05) is 18.2 Å². The van der Waals surface area contributed by atoms with E-state index in [0.29, 0.717) is 5.75 Å². The minimum Gasteiger partial charge on any atom is -0.497 e. The van der Waals surface area contributed by atoms with Crippen molar-refractivity contribution in [1.29, 1.82) is 0 Å². The molecule has 0 radical (unpaired) electrons. The minimum atomic E-state index is -5.34. The summed E-state index contributed by atoms with van der Waals surface area (Å²) < 4.78 is 51.9. The number of benzene rings is 2. The van der Waals surface area contributed by atoms with Crippen LogP contribution in [-0.2, 0) is 0 Å². The van der Waals surface area contributed by atoms with Crippen LogP contribution in [0.3, 0.4) is 0 Å². The molecule has 1 heterocycles. The highest BCUT2D eigenvalue weighted by Crippen LogP contribution is 2.45. The molecule has 3 unspecified atom stereocenters. The lowest BCUT2D eigenvalue weighted by molar-refractivity contribution is -0.287. The van der Waals surface area contributed by atoms with Crippen LogP contribution in [0.5, 0.6) is 11.5 Å². The number of halogens is 3. The minimum absolute atomic E-state index is 0.0960. The lowest BCUT2D eigenvalue weighted by atomic mass is 9.77. The maximum atomic E-state index is 13.9. The summed E-state index contributed by atoms with van der Waals surface area (Å²) in [7, 11) is 2.70. The molecule has 7 nitrogen and oxygen atoms in total. The molecule has 1 aliphatic heterocycles. The molecular weight excluding hydrogens is 405 g/mol. The van der Waals surface area contributed by atoms with Crippen LogP contribution in [-0.4, -0.2) is 43.0 Å². The Morgan fingerprint density at radius 1 is 1.07 bits per heavy atom. The van der Waals surface area contributed by atoms with Gasteiger partial charge in [-0.2, -0.15) is 13.2 Å². The summed E-state index contributed by atoms with van der Waals surface area (Å²) in [5.74, 6) is -2.61. The molecule has 1 fully saturated rings. The molecule has 0 spiro atoms. The summed E-state index contributed by atoms with van der Waals surface area (Å²) in [5.41, 5.74) is -3.79. The van der Waals surface area contributed by atoms with Crippen molar-refractivity contribution < 1.29 is 37.3 Å². The maximum absolute atomic E-state index is 13.9. The zero-order valence-corrected chi connectivity index (χ0v) is 16.0. The van der Waals surface area contributed by atoms with Gasteiger partial charge in [0.2, 0.25) is 5.72 Å². The Morgan fingerprint density at radius 3 is 2.27 bits per heavy atom. The van der Waals surface area contributed by atoms with Crippen molar-refractivity contribution in [3.63, 3.8) is 0 Å². The van der Waals surface area contributed by atoms with Crippen LogP contribution < -0.4 is 20.1 Å². The number of ketones is 1. The highest BCUT2D eigenvalue weighted by atomic mass is 19.4. The molecule has 0 aromatic heterocycles. The molecule has 2 aromatic carbocycles. The van der Waals surface area contributed by atoms with Gasteiger partial charge in [-0.25, -0.2) is 4.79 Å². The normalized spacial score (nSPS) is 23.9. The Kier molecular flexibility index (Phi) is 5.62. The Morgan fingerprint density at radius 2 is 1.70 bits per heavy atom. The van der Waals surface area contributed by atoms with E-state index >= 15 is 0 Å². The summed E-state index contributed by atoms with van der Waals surface area (Å²) in [6.07, 6.45) is -5.34. The molecule has 30 heavy (non-hydrogen) atoms. The van der Waals surface area contributed by atoms with E-state index in [1.807, 2.05) is 0 Å². The van der Waals surface area contributed by atoms with Gasteiger partial charge in [-0.3, -0.25) is 4.79 Å². The Labute approximate surface area is 169 Å². The molecule has 0 bridgehead atoms. The SMILES string of the molecule is COc1ccc(C(=O)C2C(c3ccccc3OC)NC(=O)NC2(O)C(F)(F)F)cc1. The van der Waals surface area contributed by atoms with E-state index in [-0.39, 0.29) is 16.9 Å². The standard InChI is InChI=1S/C20H19F3N2O5/c1-29-12-9-7-11(8-10-12)17(26)15-16(13-5-3-4-6-14(13)30-2)24-18(27)25-19(15,28)20(21,22)23/h3-10,15-16,28H,1-2H3,(H2,24,25,27). The number of Topliss-reactive ketones (excluding diaryl/α,β-unsaturated/α-hetero) is 1. The topological polar surface area (TPSA) is 96.9 Å². The van der Waals surface area contributed by atoms with Gasteiger partial charge in [-0.05, 0) is 30.3 Å². The summed E-state index contributed by atoms with van der Waals surface area (Å²) in [6, 6.07) is 8.60. The number of alkyl halides is 3. The highest BCUT2D eigenvalue weighted by molar-refractivity contribution is 6.00. The number of carbonyl (C=O) groups excluding carboxylic acids is 2. The predicted molar refractivity (Wildman–Crippen MR) is 99.2 cm³/mol. The molecule has 3 atom stereocenters. The summed E-state index contributed by atoms with van der Waals surface area (Å²) in [5, 5.41) is 14.4. The van der Waals surface area contributed by atoms with E-state index < -0.39 is 35.7 Å². The second kappa shape index (κ2) is 7.86. The van der Waals surface area contributed by atoms with Gasteiger partial charge in [0.25, 0.3) is 0 Å². The van der Waals surface area contributed by atoms with E-state index in [9.17, 15) is 27.9 Å². The van der Waals surface area contributed by atoms with Gasteiger partial charge in [0.15, 0.2) is 5.78 Å². The fourth-order valence-corrected chi connectivity index (χ4v) is 3.46. The van der Waals surface area contributed by atoms with Crippen LogP contribution in [0.2, 0.25) is 0 Å². The van der Waals surface area contributed by atoms with Crippen LogP contribution in [0.1, 0.15) is 22.0 Å². The zero-order valence-electron chi connectivity index (χ0n) is 16.0. The fraction of sp³-hybridized carbons (Fsp3) is 0.300. The molecule has 3 rings (SSSR count). The van der Waals surface area contributed by atoms with Gasteiger partial charge in [-0.15, -0.1) is 0 Å². The fourth-order valence-electron chi connectivity index (χ4n) is 3.46.